The molecule has 3 aliphatic heterocycles. The lowest BCUT2D eigenvalue weighted by molar-refractivity contribution is 0.0706. The van der Waals surface area contributed by atoms with E-state index < -0.39 is 0 Å². The molecule has 3 aliphatic rings. The minimum Gasteiger partial charge on any atom is -0.449 e. The van der Waals surface area contributed by atoms with E-state index in [4.69, 9.17) is 4.42 Å². The number of pyridine rings is 1. The van der Waals surface area contributed by atoms with E-state index in [1.807, 2.05) is 0 Å². The van der Waals surface area contributed by atoms with Crippen molar-refractivity contribution in [2.24, 2.45) is 0 Å². The molecule has 8 heteroatoms. The van der Waals surface area contributed by atoms with Crippen molar-refractivity contribution in [1.29, 1.82) is 0 Å². The fourth-order valence-electron chi connectivity index (χ4n) is 4.42. The van der Waals surface area contributed by atoms with Gasteiger partial charge in [-0.2, -0.15) is 0 Å². The van der Waals surface area contributed by atoms with Crippen LogP contribution in [0.1, 0.15) is 40.3 Å². The average Bonchev–Trinajstić information content (AvgIpc) is 3.42. The fourth-order valence-corrected chi connectivity index (χ4v) is 4.42. The van der Waals surface area contributed by atoms with Crippen molar-refractivity contribution >= 4 is 22.8 Å². The summed E-state index contributed by atoms with van der Waals surface area (Å²) in [7, 11) is 0. The highest BCUT2D eigenvalue weighted by Crippen LogP contribution is 2.28. The van der Waals surface area contributed by atoms with E-state index in [1.54, 1.807) is 17.0 Å². The van der Waals surface area contributed by atoms with Gasteiger partial charge in [0.05, 0.1) is 6.20 Å². The Hall–Kier alpha value is -2.45. The van der Waals surface area contributed by atoms with Gasteiger partial charge in [-0.05, 0) is 31.4 Å². The maximum Gasteiger partial charge on any atom is 0.289 e. The zero-order valence-corrected chi connectivity index (χ0v) is 15.0. The van der Waals surface area contributed by atoms with Crippen molar-refractivity contribution in [3.8, 4) is 0 Å². The van der Waals surface area contributed by atoms with Crippen molar-refractivity contribution in [3.05, 3.63) is 29.8 Å². The second-order valence-electron chi connectivity index (χ2n) is 7.62. The lowest BCUT2D eigenvalue weighted by Crippen LogP contribution is -2.46. The van der Waals surface area contributed by atoms with Gasteiger partial charge in [0.15, 0.2) is 11.3 Å². The number of carbonyl (C=O) groups is 2. The zero-order chi connectivity index (χ0) is 18.4. The minimum absolute atomic E-state index is 0.119. The second-order valence-corrected chi connectivity index (χ2v) is 7.62. The Bertz CT molecular complexity index is 889. The van der Waals surface area contributed by atoms with Gasteiger partial charge in [-0.1, -0.05) is 0 Å². The van der Waals surface area contributed by atoms with Crippen LogP contribution < -0.4 is 16.0 Å². The molecule has 8 nitrogen and oxygen atoms in total. The first-order chi connectivity index (χ1) is 13.2. The van der Waals surface area contributed by atoms with E-state index in [0.717, 1.165) is 31.3 Å². The molecule has 3 fully saturated rings. The molecule has 2 bridgehead atoms. The third-order valence-electron chi connectivity index (χ3n) is 5.87. The van der Waals surface area contributed by atoms with E-state index in [-0.39, 0.29) is 17.9 Å². The largest absolute Gasteiger partial charge is 0.449 e. The van der Waals surface area contributed by atoms with Crippen molar-refractivity contribution < 1.29 is 14.0 Å². The molecule has 2 amide bonds. The minimum atomic E-state index is -0.174. The van der Waals surface area contributed by atoms with Gasteiger partial charge in [0.25, 0.3) is 11.8 Å². The summed E-state index contributed by atoms with van der Waals surface area (Å²) < 4.78 is 5.68. The number of nitrogens with one attached hydrogen (secondary N) is 3. The number of rotatable bonds is 3. The van der Waals surface area contributed by atoms with Crippen LogP contribution in [-0.4, -0.2) is 66.0 Å². The van der Waals surface area contributed by atoms with Crippen molar-refractivity contribution in [3.63, 3.8) is 0 Å². The number of fused-ring (bicyclic) bond motifs is 3. The molecule has 0 unspecified atom stereocenters. The highest BCUT2D eigenvalue weighted by Gasteiger charge is 2.39. The van der Waals surface area contributed by atoms with Crippen LogP contribution in [0.5, 0.6) is 0 Å². The van der Waals surface area contributed by atoms with Crippen LogP contribution in [0.4, 0.5) is 0 Å². The van der Waals surface area contributed by atoms with Gasteiger partial charge in [0.1, 0.15) is 5.69 Å². The monoisotopic (exact) mass is 369 g/mol. The number of hydrogen-bond acceptors (Lipinski definition) is 6. The van der Waals surface area contributed by atoms with Crippen LogP contribution in [-0.2, 0) is 0 Å². The molecular formula is C19H23N5O3. The molecule has 27 heavy (non-hydrogen) atoms. The smallest absolute Gasteiger partial charge is 0.289 e. The summed E-state index contributed by atoms with van der Waals surface area (Å²) in [6.45, 7) is 2.91. The lowest BCUT2D eigenvalue weighted by atomic mass is 9.95. The van der Waals surface area contributed by atoms with Crippen LogP contribution in [0.3, 0.4) is 0 Å². The zero-order valence-electron chi connectivity index (χ0n) is 15.0. The molecular weight excluding hydrogens is 346 g/mol. The molecule has 0 aromatic carbocycles. The molecule has 2 aromatic heterocycles. The summed E-state index contributed by atoms with van der Waals surface area (Å²) >= 11 is 0. The van der Waals surface area contributed by atoms with Gasteiger partial charge in [-0.25, -0.2) is 4.98 Å². The van der Waals surface area contributed by atoms with Crippen LogP contribution in [0.15, 0.2) is 22.7 Å². The van der Waals surface area contributed by atoms with Crippen molar-refractivity contribution in [2.45, 2.75) is 37.4 Å². The first-order valence-corrected chi connectivity index (χ1v) is 9.64. The van der Waals surface area contributed by atoms with Crippen LogP contribution in [0.2, 0.25) is 0 Å². The van der Waals surface area contributed by atoms with E-state index in [9.17, 15) is 9.59 Å². The fraction of sp³-hybridized carbons (Fsp3) is 0.526. The van der Waals surface area contributed by atoms with Crippen LogP contribution in [0, 0.1) is 0 Å². The van der Waals surface area contributed by atoms with E-state index in [0.29, 0.717) is 42.2 Å². The molecule has 0 aliphatic carbocycles. The third-order valence-corrected chi connectivity index (χ3v) is 5.87. The normalized spacial score (nSPS) is 27.3. The molecule has 0 radical (unpaired) electrons. The Balaban J connectivity index is 1.32. The predicted octanol–water partition coefficient (Wildman–Crippen LogP) is 0.496. The highest BCUT2D eigenvalue weighted by atomic mass is 16.3. The summed E-state index contributed by atoms with van der Waals surface area (Å²) in [5.74, 6) is 0.00255. The number of furan rings is 1. The number of amides is 2. The van der Waals surface area contributed by atoms with Crippen LogP contribution in [0.25, 0.3) is 11.0 Å². The summed E-state index contributed by atoms with van der Waals surface area (Å²) in [6, 6.07) is 4.48. The number of hydrogen-bond donors (Lipinski definition) is 3. The molecule has 3 N–H and O–H groups in total. The second kappa shape index (κ2) is 6.61. The lowest BCUT2D eigenvalue weighted by Gasteiger charge is -2.26. The standard InChI is InChI=1S/C19H23N5O3/c25-18(23-14-9-12-1-2-13(14)22-12)15-7-11-8-16(27-17(11)10-21-15)19(26)24-5-3-20-4-6-24/h7-8,10,12-14,20,22H,1-6,9H2,(H,23,25)/t12-,13+,14-/m1/s1. The quantitative estimate of drug-likeness (QED) is 0.729. The predicted molar refractivity (Wildman–Crippen MR) is 98.6 cm³/mol. The van der Waals surface area contributed by atoms with Gasteiger partial charge in [0, 0.05) is 49.7 Å². The number of carbonyl (C=O) groups excluding carboxylic acids is 2. The molecule has 0 spiro atoms. The summed E-state index contributed by atoms with van der Waals surface area (Å²) in [6.07, 6.45) is 4.81. The summed E-state index contributed by atoms with van der Waals surface area (Å²) in [5, 5.41) is 10.6. The Labute approximate surface area is 156 Å². The first kappa shape index (κ1) is 16.7. The highest BCUT2D eigenvalue weighted by molar-refractivity contribution is 5.99. The van der Waals surface area contributed by atoms with E-state index in [1.165, 1.54) is 12.6 Å². The van der Waals surface area contributed by atoms with E-state index >= 15 is 0 Å². The van der Waals surface area contributed by atoms with Gasteiger partial charge in [-0.3, -0.25) is 9.59 Å². The van der Waals surface area contributed by atoms with Crippen LogP contribution >= 0.6 is 0 Å². The Kier molecular flexibility index (Phi) is 4.09. The van der Waals surface area contributed by atoms with Crippen molar-refractivity contribution in [2.75, 3.05) is 26.2 Å². The maximum atomic E-state index is 12.6. The average molecular weight is 369 g/mol. The Morgan fingerprint density at radius 2 is 2.07 bits per heavy atom. The first-order valence-electron chi connectivity index (χ1n) is 9.64. The summed E-state index contributed by atoms with van der Waals surface area (Å²) in [5.41, 5.74) is 0.874. The maximum absolute atomic E-state index is 12.6. The molecule has 0 saturated carbocycles. The molecule has 2 aromatic rings. The van der Waals surface area contributed by atoms with Gasteiger partial charge in [0.2, 0.25) is 0 Å². The molecule has 142 valence electrons. The third kappa shape index (κ3) is 3.08. The molecule has 5 rings (SSSR count). The SMILES string of the molecule is O=C(N[C@@H]1C[C@H]2CC[C@@H]1N2)c1cc2cc(C(=O)N3CCNCC3)oc2cn1. The van der Waals surface area contributed by atoms with Crippen molar-refractivity contribution in [1.82, 2.24) is 25.8 Å². The molecule has 3 atom stereocenters. The number of nitrogens with zero attached hydrogens (tertiary/aromatic N) is 2. The molecule has 5 heterocycles. The van der Waals surface area contributed by atoms with Gasteiger partial charge >= 0.3 is 0 Å². The topological polar surface area (TPSA) is 99.5 Å². The van der Waals surface area contributed by atoms with E-state index in [2.05, 4.69) is 20.9 Å². The number of aromatic nitrogens is 1. The number of piperazine rings is 1. The summed E-state index contributed by atoms with van der Waals surface area (Å²) in [4.78, 5) is 31.2. The molecule has 3 saturated heterocycles. The van der Waals surface area contributed by atoms with Gasteiger partial charge in [-0.15, -0.1) is 0 Å². The Morgan fingerprint density at radius 3 is 2.81 bits per heavy atom. The van der Waals surface area contributed by atoms with Gasteiger partial charge < -0.3 is 25.3 Å². The Morgan fingerprint density at radius 1 is 1.22 bits per heavy atom.